The van der Waals surface area contributed by atoms with Crippen molar-refractivity contribution in [3.05, 3.63) is 30.1 Å². The first-order valence-corrected chi connectivity index (χ1v) is 8.73. The molecular formula is C18H21F3N6O3. The number of benzene rings is 1. The number of aliphatic carboxylic acids is 1. The minimum absolute atomic E-state index is 0.258. The summed E-state index contributed by atoms with van der Waals surface area (Å²) in [5.41, 5.74) is 15.2. The zero-order valence-corrected chi connectivity index (χ0v) is 16.3. The van der Waals surface area contributed by atoms with E-state index >= 15 is 0 Å². The number of hydrogen-bond donors (Lipinski definition) is 3. The van der Waals surface area contributed by atoms with Crippen LogP contribution in [0.25, 0.3) is 21.9 Å². The summed E-state index contributed by atoms with van der Waals surface area (Å²) in [5, 5.41) is 12.1. The molecule has 3 aromatic rings. The molecule has 0 radical (unpaired) electrons. The summed E-state index contributed by atoms with van der Waals surface area (Å²) in [7, 11) is 0. The van der Waals surface area contributed by atoms with E-state index in [-0.39, 0.29) is 6.61 Å². The summed E-state index contributed by atoms with van der Waals surface area (Å²) in [4.78, 5) is 23.3. The van der Waals surface area contributed by atoms with Crippen molar-refractivity contribution in [1.29, 1.82) is 0 Å². The summed E-state index contributed by atoms with van der Waals surface area (Å²) in [6.45, 7) is 5.12. The SMILES string of the molecule is CC(C)=NOCc1nc2c(N)nc3ccccc3c2n1CCN.O=C(O)C(F)(F)F. The third-order valence-electron chi connectivity index (χ3n) is 3.73. The van der Waals surface area contributed by atoms with Crippen molar-refractivity contribution in [2.24, 2.45) is 10.9 Å². The first-order valence-electron chi connectivity index (χ1n) is 8.73. The van der Waals surface area contributed by atoms with Crippen LogP contribution < -0.4 is 11.5 Å². The number of carbonyl (C=O) groups is 1. The van der Waals surface area contributed by atoms with Gasteiger partial charge in [-0.05, 0) is 19.9 Å². The molecule has 5 N–H and O–H groups in total. The molecule has 2 aromatic heterocycles. The normalized spacial score (nSPS) is 11.1. The van der Waals surface area contributed by atoms with E-state index in [2.05, 4.69) is 15.1 Å². The van der Waals surface area contributed by atoms with Crippen molar-refractivity contribution < 1.29 is 27.9 Å². The lowest BCUT2D eigenvalue weighted by Gasteiger charge is -2.09. The van der Waals surface area contributed by atoms with Crippen LogP contribution in [0.4, 0.5) is 19.0 Å². The van der Waals surface area contributed by atoms with E-state index in [1.165, 1.54) is 0 Å². The second kappa shape index (κ2) is 9.39. The number of fused-ring (bicyclic) bond motifs is 3. The molecule has 0 saturated carbocycles. The Bertz CT molecular complexity index is 1070. The third kappa shape index (κ3) is 5.35. The van der Waals surface area contributed by atoms with E-state index in [0.717, 1.165) is 28.0 Å². The molecule has 0 aliphatic heterocycles. The lowest BCUT2D eigenvalue weighted by molar-refractivity contribution is -0.192. The van der Waals surface area contributed by atoms with Gasteiger partial charge in [0.2, 0.25) is 0 Å². The number of nitrogens with two attached hydrogens (primary N) is 2. The Morgan fingerprint density at radius 3 is 2.47 bits per heavy atom. The number of nitrogen functional groups attached to an aromatic ring is 1. The first kappa shape index (κ1) is 22.9. The summed E-state index contributed by atoms with van der Waals surface area (Å²) < 4.78 is 33.8. The molecule has 1 aromatic carbocycles. The molecule has 0 bridgehead atoms. The number of aromatic nitrogens is 3. The van der Waals surface area contributed by atoms with Gasteiger partial charge in [-0.25, -0.2) is 14.8 Å². The molecule has 0 unspecified atom stereocenters. The highest BCUT2D eigenvalue weighted by Gasteiger charge is 2.38. The Balaban J connectivity index is 0.000000396. The number of oxime groups is 1. The molecule has 0 fully saturated rings. The lowest BCUT2D eigenvalue weighted by Crippen LogP contribution is -2.21. The molecule has 0 amide bonds. The number of halogens is 3. The molecule has 0 saturated heterocycles. The smallest absolute Gasteiger partial charge is 0.475 e. The van der Waals surface area contributed by atoms with E-state index in [4.69, 9.17) is 26.2 Å². The van der Waals surface area contributed by atoms with Crippen LogP contribution in [0.1, 0.15) is 19.7 Å². The Hall–Kier alpha value is -3.41. The maximum Gasteiger partial charge on any atom is 0.490 e. The molecule has 0 aliphatic carbocycles. The number of pyridine rings is 1. The number of nitrogens with zero attached hydrogens (tertiary/aromatic N) is 4. The number of carboxylic acid groups (broad SMARTS) is 1. The first-order chi connectivity index (χ1) is 14.1. The fourth-order valence-corrected chi connectivity index (χ4v) is 2.60. The van der Waals surface area contributed by atoms with Gasteiger partial charge >= 0.3 is 12.1 Å². The Morgan fingerprint density at radius 2 is 1.90 bits per heavy atom. The maximum atomic E-state index is 10.6. The van der Waals surface area contributed by atoms with Gasteiger partial charge in [-0.3, -0.25) is 0 Å². The van der Waals surface area contributed by atoms with Crippen LogP contribution in [-0.4, -0.2) is 44.0 Å². The van der Waals surface area contributed by atoms with E-state index in [9.17, 15) is 13.2 Å². The summed E-state index contributed by atoms with van der Waals surface area (Å²) >= 11 is 0. The monoisotopic (exact) mass is 426 g/mol. The van der Waals surface area contributed by atoms with Crippen LogP contribution in [0.3, 0.4) is 0 Å². The molecule has 0 aliphatic rings. The summed E-state index contributed by atoms with van der Waals surface area (Å²) in [6.07, 6.45) is -5.08. The van der Waals surface area contributed by atoms with Crippen molar-refractivity contribution in [2.75, 3.05) is 12.3 Å². The molecule has 3 rings (SSSR count). The van der Waals surface area contributed by atoms with E-state index in [0.29, 0.717) is 24.4 Å². The van der Waals surface area contributed by atoms with Crippen LogP contribution in [0.2, 0.25) is 0 Å². The molecule has 9 nitrogen and oxygen atoms in total. The number of hydrogen-bond acceptors (Lipinski definition) is 7. The van der Waals surface area contributed by atoms with Crippen molar-refractivity contribution in [1.82, 2.24) is 14.5 Å². The van der Waals surface area contributed by atoms with Crippen LogP contribution in [-0.2, 0) is 22.8 Å². The highest BCUT2D eigenvalue weighted by atomic mass is 19.4. The van der Waals surface area contributed by atoms with Gasteiger partial charge in [0.15, 0.2) is 18.2 Å². The number of alkyl halides is 3. The van der Waals surface area contributed by atoms with E-state index in [1.807, 2.05) is 42.7 Å². The lowest BCUT2D eigenvalue weighted by atomic mass is 10.2. The Labute approximate surface area is 169 Å². The Kier molecular flexibility index (Phi) is 7.16. The highest BCUT2D eigenvalue weighted by molar-refractivity contribution is 6.06. The maximum absolute atomic E-state index is 10.6. The standard InChI is InChI=1S/C16H20N6O.C2HF3O2/c1-10(2)21-23-9-13-20-14-15(22(13)8-7-17)11-5-3-4-6-12(11)19-16(14)18;3-2(4,5)1(6)7/h3-6H,7-9,17H2,1-2H3,(H2,18,19);(H,6,7). The van der Waals surface area contributed by atoms with Crippen molar-refractivity contribution in [3.8, 4) is 0 Å². The number of para-hydroxylation sites is 1. The fourth-order valence-electron chi connectivity index (χ4n) is 2.60. The quantitative estimate of drug-likeness (QED) is 0.421. The van der Waals surface area contributed by atoms with Gasteiger partial charge in [-0.1, -0.05) is 23.4 Å². The third-order valence-corrected chi connectivity index (χ3v) is 3.73. The zero-order chi connectivity index (χ0) is 22.5. The fraction of sp³-hybridized carbons (Fsp3) is 0.333. The Morgan fingerprint density at radius 1 is 1.27 bits per heavy atom. The van der Waals surface area contributed by atoms with Crippen LogP contribution in [0, 0.1) is 0 Å². The minimum atomic E-state index is -5.08. The average Bonchev–Trinajstić information content (AvgIpc) is 3.01. The van der Waals surface area contributed by atoms with Gasteiger partial charge in [0.25, 0.3) is 0 Å². The predicted octanol–water partition coefficient (Wildman–Crippen LogP) is 2.67. The van der Waals surface area contributed by atoms with Crippen LogP contribution >= 0.6 is 0 Å². The van der Waals surface area contributed by atoms with Crippen LogP contribution in [0.15, 0.2) is 29.4 Å². The molecule has 0 atom stereocenters. The van der Waals surface area contributed by atoms with Crippen molar-refractivity contribution >= 4 is 39.4 Å². The molecule has 2 heterocycles. The van der Waals surface area contributed by atoms with Gasteiger partial charge in [0, 0.05) is 18.5 Å². The number of imidazole rings is 1. The van der Waals surface area contributed by atoms with Crippen molar-refractivity contribution in [2.45, 2.75) is 33.2 Å². The molecule has 30 heavy (non-hydrogen) atoms. The summed E-state index contributed by atoms with van der Waals surface area (Å²) in [6, 6.07) is 7.86. The average molecular weight is 426 g/mol. The number of rotatable bonds is 5. The topological polar surface area (TPSA) is 142 Å². The van der Waals surface area contributed by atoms with Crippen molar-refractivity contribution in [3.63, 3.8) is 0 Å². The number of carboxylic acids is 1. The van der Waals surface area contributed by atoms with E-state index in [1.54, 1.807) is 0 Å². The van der Waals surface area contributed by atoms with Crippen LogP contribution in [0.5, 0.6) is 0 Å². The van der Waals surface area contributed by atoms with Gasteiger partial charge in [-0.15, -0.1) is 0 Å². The summed E-state index contributed by atoms with van der Waals surface area (Å²) in [5.74, 6) is -1.61. The molecule has 0 spiro atoms. The van der Waals surface area contributed by atoms with Gasteiger partial charge in [0.1, 0.15) is 5.52 Å². The second-order valence-corrected chi connectivity index (χ2v) is 6.29. The zero-order valence-electron chi connectivity index (χ0n) is 16.3. The molecule has 12 heteroatoms. The second-order valence-electron chi connectivity index (χ2n) is 6.29. The minimum Gasteiger partial charge on any atom is -0.475 e. The molecule has 162 valence electrons. The predicted molar refractivity (Wildman–Crippen MR) is 106 cm³/mol. The largest absolute Gasteiger partial charge is 0.490 e. The van der Waals surface area contributed by atoms with E-state index < -0.39 is 12.1 Å². The number of anilines is 1. The molecular weight excluding hydrogens is 405 g/mol. The van der Waals surface area contributed by atoms with Gasteiger partial charge in [0.05, 0.1) is 16.7 Å². The van der Waals surface area contributed by atoms with Gasteiger partial charge in [-0.2, -0.15) is 13.2 Å². The van der Waals surface area contributed by atoms with Gasteiger partial charge < -0.3 is 26.0 Å². The highest BCUT2D eigenvalue weighted by Crippen LogP contribution is 2.28.